The molecule has 0 amide bonds. The molecule has 0 heteroatoms. The van der Waals surface area contributed by atoms with Crippen molar-refractivity contribution in [2.24, 2.45) is 0 Å². The van der Waals surface area contributed by atoms with Gasteiger partial charge in [0.05, 0.1) is 0 Å². The van der Waals surface area contributed by atoms with Gasteiger partial charge in [0.25, 0.3) is 0 Å². The van der Waals surface area contributed by atoms with Crippen LogP contribution in [0.1, 0.15) is 79.5 Å². The molecule has 41 heavy (non-hydrogen) atoms. The Morgan fingerprint density at radius 1 is 0.537 bits per heavy atom. The van der Waals surface area contributed by atoms with Crippen LogP contribution in [-0.4, -0.2) is 0 Å². The van der Waals surface area contributed by atoms with Gasteiger partial charge in [-0.25, -0.2) is 0 Å². The lowest BCUT2D eigenvalue weighted by atomic mass is 10.0. The summed E-state index contributed by atoms with van der Waals surface area (Å²) in [4.78, 5) is 0. The van der Waals surface area contributed by atoms with Gasteiger partial charge >= 0.3 is 0 Å². The third-order valence-electron chi connectivity index (χ3n) is 7.10. The minimum atomic E-state index is 1.14. The van der Waals surface area contributed by atoms with E-state index >= 15 is 0 Å². The monoisotopic (exact) mass is 538 g/mol. The predicted octanol–water partition coefficient (Wildman–Crippen LogP) is 12.4. The summed E-state index contributed by atoms with van der Waals surface area (Å²) in [5, 5.41) is 5.12. The molecule has 0 aliphatic carbocycles. The summed E-state index contributed by atoms with van der Waals surface area (Å²) in [5.41, 5.74) is 9.03. The molecule has 210 valence electrons. The SMILES string of the molecule is C=Cc1cc(C)ccc1CCC.C=Cc1ccc2ccc(/C=C\c3ccc4ccc(CCC)cc4c3)cc2c1.CC. The second-order valence-corrected chi connectivity index (χ2v) is 10.3. The van der Waals surface area contributed by atoms with E-state index in [1.807, 2.05) is 26.0 Å². The first-order valence-electron chi connectivity index (χ1n) is 15.1. The van der Waals surface area contributed by atoms with Crippen molar-refractivity contribution < 1.29 is 0 Å². The van der Waals surface area contributed by atoms with E-state index < -0.39 is 0 Å². The Balaban J connectivity index is 0.000000278. The number of benzene rings is 5. The second-order valence-electron chi connectivity index (χ2n) is 10.3. The zero-order valence-corrected chi connectivity index (χ0v) is 25.7. The fraction of sp³-hybridized carbons (Fsp3) is 0.220. The molecule has 0 radical (unpaired) electrons. The van der Waals surface area contributed by atoms with Gasteiger partial charge < -0.3 is 0 Å². The molecule has 0 N–H and O–H groups in total. The second kappa shape index (κ2) is 16.2. The lowest BCUT2D eigenvalue weighted by molar-refractivity contribution is 0.919. The number of hydrogen-bond donors (Lipinski definition) is 0. The molecule has 0 aliphatic heterocycles. The van der Waals surface area contributed by atoms with Crippen LogP contribution in [0, 0.1) is 6.92 Å². The van der Waals surface area contributed by atoms with Crippen molar-refractivity contribution in [1.82, 2.24) is 0 Å². The maximum atomic E-state index is 3.86. The molecule has 0 bridgehead atoms. The molecule has 5 aromatic rings. The molecule has 0 heterocycles. The van der Waals surface area contributed by atoms with Crippen molar-refractivity contribution >= 4 is 45.8 Å². The highest BCUT2D eigenvalue weighted by Gasteiger charge is 2.00. The van der Waals surface area contributed by atoms with Gasteiger partial charge in [-0.2, -0.15) is 0 Å². The zero-order valence-electron chi connectivity index (χ0n) is 25.7. The number of rotatable bonds is 8. The van der Waals surface area contributed by atoms with E-state index in [9.17, 15) is 0 Å². The largest absolute Gasteiger partial charge is 0.0985 e. The number of hydrogen-bond acceptors (Lipinski definition) is 0. The standard InChI is InChI=1S/C27H24.C12H16.C2H6/c1-3-5-21-9-13-25-15-11-23(19-27(25)17-21)7-6-22-10-14-24-12-8-20(4-2)16-26(24)18-22;1-4-6-12-8-7-10(3)9-11(12)5-2;1-2/h4,6-19H,2-3,5H2,1H3;5,7-9H,2,4,6H2,1,3H3;1-2H3/b7-6-;;. The Labute approximate surface area is 248 Å². The summed E-state index contributed by atoms with van der Waals surface area (Å²) in [6, 6.07) is 33.1. The molecule has 0 fully saturated rings. The zero-order chi connectivity index (χ0) is 29.6. The molecule has 0 unspecified atom stereocenters. The van der Waals surface area contributed by atoms with Gasteiger partial charge in [0, 0.05) is 0 Å². The van der Waals surface area contributed by atoms with Crippen LogP contribution in [-0.2, 0) is 12.8 Å². The third-order valence-corrected chi connectivity index (χ3v) is 7.10. The van der Waals surface area contributed by atoms with Gasteiger partial charge in [0.1, 0.15) is 0 Å². The van der Waals surface area contributed by atoms with Crippen molar-refractivity contribution in [3.8, 4) is 0 Å². The van der Waals surface area contributed by atoms with Crippen LogP contribution >= 0.6 is 0 Å². The van der Waals surface area contributed by atoms with Crippen LogP contribution in [0.2, 0.25) is 0 Å². The Kier molecular flexibility index (Phi) is 12.4. The topological polar surface area (TPSA) is 0 Å². The van der Waals surface area contributed by atoms with E-state index in [4.69, 9.17) is 0 Å². The van der Waals surface area contributed by atoms with Crippen LogP contribution in [0.5, 0.6) is 0 Å². The van der Waals surface area contributed by atoms with E-state index in [0.717, 1.165) is 18.4 Å². The van der Waals surface area contributed by atoms with Gasteiger partial charge in [-0.1, -0.05) is 156 Å². The van der Waals surface area contributed by atoms with E-state index in [1.54, 1.807) is 0 Å². The fourth-order valence-electron chi connectivity index (χ4n) is 4.97. The van der Waals surface area contributed by atoms with Gasteiger partial charge in [0.2, 0.25) is 0 Å². The molecular weight excluding hydrogens is 492 g/mol. The molecule has 0 aliphatic rings. The normalized spacial score (nSPS) is 10.6. The van der Waals surface area contributed by atoms with Gasteiger partial charge in [0.15, 0.2) is 0 Å². The molecule has 0 saturated carbocycles. The maximum absolute atomic E-state index is 3.86. The molecule has 5 rings (SSSR count). The molecular formula is C41H46. The Morgan fingerprint density at radius 3 is 1.63 bits per heavy atom. The Bertz CT molecular complexity index is 1610. The van der Waals surface area contributed by atoms with Crippen LogP contribution < -0.4 is 0 Å². The smallest absolute Gasteiger partial charge is 0.0172 e. The summed E-state index contributed by atoms with van der Waals surface area (Å²) in [5.74, 6) is 0. The maximum Gasteiger partial charge on any atom is -0.0172 e. The van der Waals surface area contributed by atoms with E-state index in [-0.39, 0.29) is 0 Å². The quantitative estimate of drug-likeness (QED) is 0.172. The molecule has 0 atom stereocenters. The van der Waals surface area contributed by atoms with Crippen LogP contribution in [0.25, 0.3) is 45.8 Å². The lowest BCUT2D eigenvalue weighted by Crippen LogP contribution is -1.88. The lowest BCUT2D eigenvalue weighted by Gasteiger charge is -2.04. The Hall–Kier alpha value is -4.16. The van der Waals surface area contributed by atoms with Crippen molar-refractivity contribution in [3.05, 3.63) is 143 Å². The molecule has 0 aromatic heterocycles. The molecule has 0 spiro atoms. The average Bonchev–Trinajstić information content (AvgIpc) is 3.01. The predicted molar refractivity (Wildman–Crippen MR) is 188 cm³/mol. The first-order valence-corrected chi connectivity index (χ1v) is 15.1. The van der Waals surface area contributed by atoms with Gasteiger partial charge in [-0.05, 0) is 92.9 Å². The average molecular weight is 539 g/mol. The van der Waals surface area contributed by atoms with Crippen LogP contribution in [0.4, 0.5) is 0 Å². The molecule has 5 aromatic carbocycles. The van der Waals surface area contributed by atoms with E-state index in [0.29, 0.717) is 0 Å². The van der Waals surface area contributed by atoms with Crippen molar-refractivity contribution in [1.29, 1.82) is 0 Å². The highest BCUT2D eigenvalue weighted by Crippen LogP contribution is 2.22. The molecule has 0 saturated heterocycles. The van der Waals surface area contributed by atoms with Crippen molar-refractivity contribution in [2.45, 2.75) is 60.3 Å². The fourth-order valence-corrected chi connectivity index (χ4v) is 4.97. The summed E-state index contributed by atoms with van der Waals surface area (Å²) in [6.07, 6.45) is 12.9. The summed E-state index contributed by atoms with van der Waals surface area (Å²) >= 11 is 0. The minimum absolute atomic E-state index is 1.14. The first kappa shape index (κ1) is 31.4. The van der Waals surface area contributed by atoms with Crippen molar-refractivity contribution in [3.63, 3.8) is 0 Å². The van der Waals surface area contributed by atoms with Crippen LogP contribution in [0.15, 0.2) is 104 Å². The van der Waals surface area contributed by atoms with Gasteiger partial charge in [-0.15, -0.1) is 0 Å². The number of fused-ring (bicyclic) bond motifs is 2. The summed E-state index contributed by atoms with van der Waals surface area (Å²) < 4.78 is 0. The first-order chi connectivity index (χ1) is 20.0. The summed E-state index contributed by atoms with van der Waals surface area (Å²) in [6.45, 7) is 18.2. The van der Waals surface area contributed by atoms with E-state index in [1.165, 1.54) is 67.8 Å². The van der Waals surface area contributed by atoms with E-state index in [2.05, 4.69) is 137 Å². The summed E-state index contributed by atoms with van der Waals surface area (Å²) in [7, 11) is 0. The van der Waals surface area contributed by atoms with Crippen LogP contribution in [0.3, 0.4) is 0 Å². The highest BCUT2D eigenvalue weighted by molar-refractivity contribution is 5.89. The highest BCUT2D eigenvalue weighted by atomic mass is 14.0. The third kappa shape index (κ3) is 8.92. The minimum Gasteiger partial charge on any atom is -0.0985 e. The number of aryl methyl sites for hydroxylation is 3. The molecule has 0 nitrogen and oxygen atoms in total. The Morgan fingerprint density at radius 2 is 1.07 bits per heavy atom. The van der Waals surface area contributed by atoms with Crippen molar-refractivity contribution in [2.75, 3.05) is 0 Å². The van der Waals surface area contributed by atoms with Gasteiger partial charge in [-0.3, -0.25) is 0 Å².